The van der Waals surface area contributed by atoms with Crippen LogP contribution in [-0.4, -0.2) is 0 Å². The van der Waals surface area contributed by atoms with Crippen LogP contribution in [0.4, 0.5) is 0 Å². The zero-order valence-electron chi connectivity index (χ0n) is 8.03. The average molecular weight is 277 g/mol. The van der Waals surface area contributed by atoms with Crippen molar-refractivity contribution in [1.29, 1.82) is 0 Å². The van der Waals surface area contributed by atoms with Crippen LogP contribution in [0.25, 0.3) is 11.6 Å². The fraction of sp³-hybridized carbons (Fsp3) is 0.0769. The molecule has 1 aliphatic rings. The van der Waals surface area contributed by atoms with E-state index in [0.29, 0.717) is 0 Å². The third-order valence-electron chi connectivity index (χ3n) is 2.68. The summed E-state index contributed by atoms with van der Waals surface area (Å²) in [5, 5.41) is 2.13. The van der Waals surface area contributed by atoms with Crippen molar-refractivity contribution >= 4 is 38.9 Å². The minimum atomic E-state index is 1.06. The number of allylic oxidation sites excluding steroid dienone is 1. The number of benzene rings is 1. The highest BCUT2D eigenvalue weighted by Crippen LogP contribution is 2.36. The number of fused-ring (bicyclic) bond motifs is 1. The Balaban J connectivity index is 2.08. The molecule has 1 aromatic heterocycles. The maximum absolute atomic E-state index is 3.60. The lowest BCUT2D eigenvalue weighted by atomic mass is 10.1. The van der Waals surface area contributed by atoms with Crippen molar-refractivity contribution in [1.82, 2.24) is 0 Å². The minimum Gasteiger partial charge on any atom is -0.144 e. The fourth-order valence-electron chi connectivity index (χ4n) is 1.95. The molecule has 15 heavy (non-hydrogen) atoms. The van der Waals surface area contributed by atoms with E-state index in [1.807, 2.05) is 11.3 Å². The number of halogens is 1. The first-order chi connectivity index (χ1) is 7.34. The zero-order valence-corrected chi connectivity index (χ0v) is 10.4. The van der Waals surface area contributed by atoms with Crippen LogP contribution in [0.2, 0.25) is 0 Å². The molecular formula is C13H9BrS. The Morgan fingerprint density at radius 2 is 2.07 bits per heavy atom. The van der Waals surface area contributed by atoms with Crippen LogP contribution in [-0.2, 0) is 6.42 Å². The summed E-state index contributed by atoms with van der Waals surface area (Å²) >= 11 is 5.41. The summed E-state index contributed by atoms with van der Waals surface area (Å²) in [5.41, 5.74) is 4.21. The van der Waals surface area contributed by atoms with Gasteiger partial charge in [0.05, 0.1) is 0 Å². The third kappa shape index (κ3) is 1.58. The van der Waals surface area contributed by atoms with Crippen LogP contribution >= 0.6 is 27.3 Å². The summed E-state index contributed by atoms with van der Waals surface area (Å²) in [6.45, 7) is 0. The maximum atomic E-state index is 3.60. The monoisotopic (exact) mass is 276 g/mol. The van der Waals surface area contributed by atoms with Crippen molar-refractivity contribution in [2.45, 2.75) is 6.42 Å². The molecule has 0 amide bonds. The summed E-state index contributed by atoms with van der Waals surface area (Å²) < 4.78 is 1.20. The Labute approximate surface area is 101 Å². The molecule has 2 heteroatoms. The van der Waals surface area contributed by atoms with Gasteiger partial charge in [-0.05, 0) is 46.7 Å². The molecule has 0 aliphatic heterocycles. The van der Waals surface area contributed by atoms with Crippen molar-refractivity contribution in [2.75, 3.05) is 0 Å². The van der Waals surface area contributed by atoms with Gasteiger partial charge in [0.2, 0.25) is 0 Å². The molecule has 0 atom stereocenters. The van der Waals surface area contributed by atoms with Crippen LogP contribution in [0.3, 0.4) is 0 Å². The van der Waals surface area contributed by atoms with E-state index in [4.69, 9.17) is 0 Å². The van der Waals surface area contributed by atoms with E-state index in [9.17, 15) is 0 Å². The summed E-state index contributed by atoms with van der Waals surface area (Å²) in [6.07, 6.45) is 3.36. The van der Waals surface area contributed by atoms with Gasteiger partial charge in [-0.3, -0.25) is 0 Å². The van der Waals surface area contributed by atoms with Crippen molar-refractivity contribution in [3.05, 3.63) is 56.2 Å². The molecule has 1 heterocycles. The van der Waals surface area contributed by atoms with Crippen molar-refractivity contribution in [3.8, 4) is 0 Å². The first kappa shape index (κ1) is 9.37. The lowest BCUT2D eigenvalue weighted by Gasteiger charge is -1.99. The van der Waals surface area contributed by atoms with Gasteiger partial charge in [-0.2, -0.15) is 0 Å². The SMILES string of the molecule is Brc1cccc2c1C=C(c1cccs1)C2. The molecule has 0 fully saturated rings. The quantitative estimate of drug-likeness (QED) is 0.714. The normalized spacial score (nSPS) is 13.8. The topological polar surface area (TPSA) is 0 Å². The molecule has 0 radical (unpaired) electrons. The van der Waals surface area contributed by atoms with E-state index in [1.54, 1.807) is 0 Å². The molecule has 3 rings (SSSR count). The number of thiophene rings is 1. The predicted octanol–water partition coefficient (Wildman–Crippen LogP) is 4.61. The third-order valence-corrected chi connectivity index (χ3v) is 4.32. The summed E-state index contributed by atoms with van der Waals surface area (Å²) in [5.74, 6) is 0. The van der Waals surface area contributed by atoms with Crippen molar-refractivity contribution in [2.24, 2.45) is 0 Å². The average Bonchev–Trinajstić information content (AvgIpc) is 2.86. The molecule has 0 bridgehead atoms. The Morgan fingerprint density at radius 3 is 2.80 bits per heavy atom. The number of hydrogen-bond acceptors (Lipinski definition) is 1. The van der Waals surface area contributed by atoms with E-state index in [1.165, 1.54) is 26.0 Å². The van der Waals surface area contributed by atoms with Crippen LogP contribution in [0.5, 0.6) is 0 Å². The molecule has 74 valence electrons. The fourth-order valence-corrected chi connectivity index (χ4v) is 3.21. The van der Waals surface area contributed by atoms with Crippen LogP contribution in [0.1, 0.15) is 16.0 Å². The van der Waals surface area contributed by atoms with E-state index in [-0.39, 0.29) is 0 Å². The molecule has 1 aromatic carbocycles. The highest BCUT2D eigenvalue weighted by molar-refractivity contribution is 9.10. The second-order valence-corrected chi connectivity index (χ2v) is 5.44. The second-order valence-electron chi connectivity index (χ2n) is 3.64. The van der Waals surface area contributed by atoms with Gasteiger partial charge in [-0.1, -0.05) is 34.1 Å². The number of rotatable bonds is 1. The molecule has 0 N–H and O–H groups in total. The van der Waals surface area contributed by atoms with E-state index in [2.05, 4.69) is 57.7 Å². The maximum Gasteiger partial charge on any atom is 0.0305 e. The lowest BCUT2D eigenvalue weighted by molar-refractivity contribution is 1.32. The van der Waals surface area contributed by atoms with E-state index >= 15 is 0 Å². The first-order valence-corrected chi connectivity index (χ1v) is 6.54. The van der Waals surface area contributed by atoms with Gasteiger partial charge >= 0.3 is 0 Å². The standard InChI is InChI=1S/C13H9BrS/c14-12-4-1-3-9-7-10(8-11(9)12)13-5-2-6-15-13/h1-6,8H,7H2. The summed E-state index contributed by atoms with van der Waals surface area (Å²) in [4.78, 5) is 1.39. The number of hydrogen-bond donors (Lipinski definition) is 0. The van der Waals surface area contributed by atoms with Gasteiger partial charge < -0.3 is 0 Å². The molecule has 2 aromatic rings. The molecule has 0 saturated heterocycles. The van der Waals surface area contributed by atoms with Crippen molar-refractivity contribution in [3.63, 3.8) is 0 Å². The Morgan fingerprint density at radius 1 is 1.13 bits per heavy atom. The van der Waals surface area contributed by atoms with Gasteiger partial charge in [0.1, 0.15) is 0 Å². The van der Waals surface area contributed by atoms with Gasteiger partial charge in [0.25, 0.3) is 0 Å². The van der Waals surface area contributed by atoms with Crippen LogP contribution < -0.4 is 0 Å². The van der Waals surface area contributed by atoms with Gasteiger partial charge in [0, 0.05) is 9.35 Å². The van der Waals surface area contributed by atoms with E-state index in [0.717, 1.165) is 6.42 Å². The molecule has 0 unspecified atom stereocenters. The molecule has 0 spiro atoms. The van der Waals surface area contributed by atoms with Crippen LogP contribution in [0, 0.1) is 0 Å². The largest absolute Gasteiger partial charge is 0.144 e. The second kappa shape index (κ2) is 3.62. The molecular weight excluding hydrogens is 268 g/mol. The zero-order chi connectivity index (χ0) is 10.3. The summed E-state index contributed by atoms with van der Waals surface area (Å²) in [6, 6.07) is 10.7. The van der Waals surface area contributed by atoms with Gasteiger partial charge in [0.15, 0.2) is 0 Å². The Kier molecular flexibility index (Phi) is 2.26. The first-order valence-electron chi connectivity index (χ1n) is 4.86. The van der Waals surface area contributed by atoms with Gasteiger partial charge in [-0.15, -0.1) is 11.3 Å². The van der Waals surface area contributed by atoms with Gasteiger partial charge in [-0.25, -0.2) is 0 Å². The Bertz CT molecular complexity index is 523. The highest BCUT2D eigenvalue weighted by Gasteiger charge is 2.16. The molecule has 1 aliphatic carbocycles. The lowest BCUT2D eigenvalue weighted by Crippen LogP contribution is -1.83. The van der Waals surface area contributed by atoms with Crippen LogP contribution in [0.15, 0.2) is 40.2 Å². The summed E-state index contributed by atoms with van der Waals surface area (Å²) in [7, 11) is 0. The highest BCUT2D eigenvalue weighted by atomic mass is 79.9. The molecule has 0 nitrogen and oxygen atoms in total. The van der Waals surface area contributed by atoms with Crippen molar-refractivity contribution < 1.29 is 0 Å². The smallest absolute Gasteiger partial charge is 0.0305 e. The Hall–Kier alpha value is -0.860. The molecule has 0 saturated carbocycles. The predicted molar refractivity (Wildman–Crippen MR) is 70.0 cm³/mol. The van der Waals surface area contributed by atoms with E-state index < -0.39 is 0 Å². The minimum absolute atomic E-state index is 1.06.